The highest BCUT2D eigenvalue weighted by Gasteiger charge is 2.21. The van der Waals surface area contributed by atoms with Gasteiger partial charge in [-0.05, 0) is 0 Å². The Balaban J connectivity index is 4.06. The van der Waals surface area contributed by atoms with Crippen molar-refractivity contribution >= 4 is 23.9 Å². The number of rotatable bonds is 7. The van der Waals surface area contributed by atoms with Crippen molar-refractivity contribution in [1.29, 1.82) is 0 Å². The fourth-order valence-electron chi connectivity index (χ4n) is 0.991. The molecule has 3 amide bonds. The van der Waals surface area contributed by atoms with E-state index < -0.39 is 36.3 Å². The van der Waals surface area contributed by atoms with E-state index >= 15 is 0 Å². The van der Waals surface area contributed by atoms with Crippen molar-refractivity contribution in [3.8, 4) is 0 Å². The molecule has 0 aromatic rings. The highest BCUT2D eigenvalue weighted by atomic mass is 16.5. The number of amides is 3. The van der Waals surface area contributed by atoms with Crippen LogP contribution in [-0.2, 0) is 19.1 Å². The second-order valence-electron chi connectivity index (χ2n) is 3.29. The fourth-order valence-corrected chi connectivity index (χ4v) is 0.991. The average molecular weight is 261 g/mol. The van der Waals surface area contributed by atoms with Gasteiger partial charge >= 0.3 is 18.0 Å². The van der Waals surface area contributed by atoms with E-state index in [-0.39, 0.29) is 13.0 Å². The first-order valence-corrected chi connectivity index (χ1v) is 4.99. The number of urea groups is 1. The monoisotopic (exact) mass is 261 g/mol. The summed E-state index contributed by atoms with van der Waals surface area (Å²) in [5.74, 6) is -2.74. The molecular weight excluding hydrogens is 246 g/mol. The fraction of sp³-hybridized carbons (Fsp3) is 0.556. The van der Waals surface area contributed by atoms with Gasteiger partial charge in [-0.1, -0.05) is 0 Å². The Morgan fingerprint density at radius 2 is 1.94 bits per heavy atom. The number of aliphatic carboxylic acids is 1. The summed E-state index contributed by atoms with van der Waals surface area (Å²) in [6, 6.07) is -2.21. The third-order valence-corrected chi connectivity index (χ3v) is 1.85. The third-order valence-electron chi connectivity index (χ3n) is 1.85. The summed E-state index contributed by atoms with van der Waals surface area (Å²) in [5, 5.41) is 13.0. The van der Waals surface area contributed by atoms with Crippen LogP contribution in [0.5, 0.6) is 0 Å². The normalized spacial score (nSPS) is 11.2. The van der Waals surface area contributed by atoms with Gasteiger partial charge in [-0.3, -0.25) is 9.59 Å². The van der Waals surface area contributed by atoms with Crippen LogP contribution in [0.2, 0.25) is 0 Å². The van der Waals surface area contributed by atoms with E-state index in [1.54, 1.807) is 0 Å². The van der Waals surface area contributed by atoms with Crippen molar-refractivity contribution in [3.05, 3.63) is 0 Å². The van der Waals surface area contributed by atoms with Crippen LogP contribution in [0.1, 0.15) is 12.8 Å². The minimum atomic E-state index is -1.40. The largest absolute Gasteiger partial charge is 0.480 e. The molecule has 9 heteroatoms. The van der Waals surface area contributed by atoms with Crippen molar-refractivity contribution in [2.75, 3.05) is 13.7 Å². The maximum atomic E-state index is 11.2. The van der Waals surface area contributed by atoms with Gasteiger partial charge in [0.1, 0.15) is 6.04 Å². The lowest BCUT2D eigenvalue weighted by Crippen LogP contribution is -2.48. The topological polar surface area (TPSA) is 148 Å². The predicted molar refractivity (Wildman–Crippen MR) is 58.4 cm³/mol. The summed E-state index contributed by atoms with van der Waals surface area (Å²) >= 11 is 0. The third kappa shape index (κ3) is 7.04. The first-order chi connectivity index (χ1) is 8.36. The number of carbonyl (C=O) groups excluding carboxylic acids is 3. The molecule has 0 aliphatic heterocycles. The van der Waals surface area contributed by atoms with Gasteiger partial charge in [0.25, 0.3) is 0 Å². The van der Waals surface area contributed by atoms with E-state index in [0.717, 1.165) is 0 Å². The van der Waals surface area contributed by atoms with Crippen molar-refractivity contribution in [2.45, 2.75) is 18.9 Å². The summed E-state index contributed by atoms with van der Waals surface area (Å²) in [4.78, 5) is 43.2. The van der Waals surface area contributed by atoms with Gasteiger partial charge in [-0.25, -0.2) is 9.59 Å². The number of nitrogens with one attached hydrogen (secondary N) is 2. The Bertz CT molecular complexity index is 343. The van der Waals surface area contributed by atoms with Crippen molar-refractivity contribution < 1.29 is 29.0 Å². The van der Waals surface area contributed by atoms with E-state index in [4.69, 9.17) is 10.8 Å². The van der Waals surface area contributed by atoms with Crippen LogP contribution in [0.25, 0.3) is 0 Å². The summed E-state index contributed by atoms with van der Waals surface area (Å²) in [5.41, 5.74) is 4.83. The van der Waals surface area contributed by atoms with Crippen LogP contribution in [0.3, 0.4) is 0 Å². The molecule has 102 valence electrons. The van der Waals surface area contributed by atoms with Crippen molar-refractivity contribution in [1.82, 2.24) is 10.6 Å². The summed E-state index contributed by atoms with van der Waals surface area (Å²) < 4.78 is 4.34. The Morgan fingerprint density at radius 1 is 1.33 bits per heavy atom. The standard InChI is InChI=1S/C9H15N3O6/c1-18-7(14)2-3-11-9(17)12-5(8(15)16)4-6(10)13/h5H,2-4H2,1H3,(H2,10,13)(H,15,16)(H2,11,12,17)/t5-/m1/s1. The lowest BCUT2D eigenvalue weighted by Gasteiger charge is -2.13. The molecule has 1 atom stereocenters. The summed E-state index contributed by atoms with van der Waals surface area (Å²) in [7, 11) is 1.20. The van der Waals surface area contributed by atoms with Crippen LogP contribution in [-0.4, -0.2) is 48.7 Å². The Kier molecular flexibility index (Phi) is 6.86. The molecule has 0 spiro atoms. The molecule has 9 nitrogen and oxygen atoms in total. The number of methoxy groups -OCH3 is 1. The molecule has 0 radical (unpaired) electrons. The number of esters is 1. The molecule has 0 bridgehead atoms. The first kappa shape index (κ1) is 15.7. The minimum absolute atomic E-state index is 0.0125. The summed E-state index contributed by atoms with van der Waals surface area (Å²) in [6.07, 6.45) is -0.558. The minimum Gasteiger partial charge on any atom is -0.480 e. The quantitative estimate of drug-likeness (QED) is 0.396. The van der Waals surface area contributed by atoms with Crippen LogP contribution in [0.4, 0.5) is 4.79 Å². The molecule has 0 fully saturated rings. The van der Waals surface area contributed by atoms with Crippen LogP contribution in [0, 0.1) is 0 Å². The lowest BCUT2D eigenvalue weighted by atomic mass is 10.2. The molecule has 5 N–H and O–H groups in total. The molecule has 0 aromatic heterocycles. The molecule has 0 saturated carbocycles. The number of ether oxygens (including phenoxy) is 1. The molecule has 0 saturated heterocycles. The maximum Gasteiger partial charge on any atom is 0.326 e. The van der Waals surface area contributed by atoms with E-state index in [9.17, 15) is 19.2 Å². The average Bonchev–Trinajstić information content (AvgIpc) is 2.27. The Hall–Kier alpha value is -2.32. The number of hydrogen-bond donors (Lipinski definition) is 4. The lowest BCUT2D eigenvalue weighted by molar-refractivity contribution is -0.141. The zero-order chi connectivity index (χ0) is 14.1. The van der Waals surface area contributed by atoms with Gasteiger partial charge in [0.15, 0.2) is 0 Å². The van der Waals surface area contributed by atoms with E-state index in [1.807, 2.05) is 5.32 Å². The highest BCUT2D eigenvalue weighted by molar-refractivity contribution is 5.87. The number of carbonyl (C=O) groups is 4. The van der Waals surface area contributed by atoms with Gasteiger partial charge < -0.3 is 26.2 Å². The van der Waals surface area contributed by atoms with E-state index in [0.29, 0.717) is 0 Å². The van der Waals surface area contributed by atoms with Crippen LogP contribution in [0.15, 0.2) is 0 Å². The zero-order valence-electron chi connectivity index (χ0n) is 9.76. The van der Waals surface area contributed by atoms with Crippen LogP contribution >= 0.6 is 0 Å². The molecule has 18 heavy (non-hydrogen) atoms. The highest BCUT2D eigenvalue weighted by Crippen LogP contribution is 1.91. The van der Waals surface area contributed by atoms with Gasteiger partial charge in [0.2, 0.25) is 5.91 Å². The number of hydrogen-bond acceptors (Lipinski definition) is 5. The van der Waals surface area contributed by atoms with Crippen LogP contribution < -0.4 is 16.4 Å². The smallest absolute Gasteiger partial charge is 0.326 e. The predicted octanol–water partition coefficient (Wildman–Crippen LogP) is -1.82. The van der Waals surface area contributed by atoms with Crippen molar-refractivity contribution in [3.63, 3.8) is 0 Å². The second kappa shape index (κ2) is 7.87. The maximum absolute atomic E-state index is 11.2. The summed E-state index contributed by atoms with van der Waals surface area (Å²) in [6.45, 7) is -0.0125. The number of carboxylic acids is 1. The molecule has 0 aliphatic rings. The first-order valence-electron chi connectivity index (χ1n) is 4.99. The van der Waals surface area contributed by atoms with E-state index in [2.05, 4.69) is 10.1 Å². The zero-order valence-corrected chi connectivity index (χ0v) is 9.76. The van der Waals surface area contributed by atoms with Gasteiger partial charge in [0.05, 0.1) is 20.0 Å². The molecular formula is C9H15N3O6. The Morgan fingerprint density at radius 3 is 2.39 bits per heavy atom. The second-order valence-corrected chi connectivity index (χ2v) is 3.29. The Labute approximate surface area is 103 Å². The van der Waals surface area contributed by atoms with Gasteiger partial charge in [0, 0.05) is 6.54 Å². The van der Waals surface area contributed by atoms with Gasteiger partial charge in [-0.15, -0.1) is 0 Å². The van der Waals surface area contributed by atoms with Gasteiger partial charge in [-0.2, -0.15) is 0 Å². The molecule has 0 aromatic carbocycles. The molecule has 0 unspecified atom stereocenters. The molecule has 0 aliphatic carbocycles. The van der Waals surface area contributed by atoms with E-state index in [1.165, 1.54) is 7.11 Å². The number of nitrogens with two attached hydrogens (primary N) is 1. The SMILES string of the molecule is COC(=O)CCNC(=O)N[C@H](CC(N)=O)C(=O)O. The number of primary amides is 1. The number of carboxylic acid groups (broad SMARTS) is 1. The molecule has 0 heterocycles. The van der Waals surface area contributed by atoms with Crippen molar-refractivity contribution in [2.24, 2.45) is 5.73 Å². The molecule has 0 rings (SSSR count).